The van der Waals surface area contributed by atoms with Gasteiger partial charge in [-0.2, -0.15) is 5.10 Å². The predicted molar refractivity (Wildman–Crippen MR) is 96.1 cm³/mol. The minimum Gasteiger partial charge on any atom is -0.380 e. The second-order valence-corrected chi connectivity index (χ2v) is 5.73. The molecule has 23 heavy (non-hydrogen) atoms. The molecule has 0 saturated carbocycles. The molecular weight excluding hydrogens is 288 g/mol. The highest BCUT2D eigenvalue weighted by molar-refractivity contribution is 5.86. The molecule has 4 nitrogen and oxygen atoms in total. The largest absolute Gasteiger partial charge is 0.380 e. The molecule has 0 fully saturated rings. The van der Waals surface area contributed by atoms with Crippen molar-refractivity contribution in [3.8, 4) is 0 Å². The van der Waals surface area contributed by atoms with Gasteiger partial charge >= 0.3 is 0 Å². The normalized spacial score (nSPS) is 12.1. The minimum absolute atomic E-state index is 0.413. The Morgan fingerprint density at radius 3 is 2.35 bits per heavy atom. The molecule has 126 valence electrons. The molecule has 0 aliphatic rings. The van der Waals surface area contributed by atoms with E-state index in [9.17, 15) is 9.90 Å². The summed E-state index contributed by atoms with van der Waals surface area (Å²) in [5, 5.41) is 14.5. The Labute approximate surface area is 139 Å². The maximum Gasteiger partial charge on any atom is 0.271 e. The molecule has 1 rings (SSSR count). The van der Waals surface area contributed by atoms with Gasteiger partial charge in [-0.3, -0.25) is 4.79 Å². The van der Waals surface area contributed by atoms with E-state index >= 15 is 0 Å². The maximum atomic E-state index is 12.2. The van der Waals surface area contributed by atoms with Crippen LogP contribution in [0, 0.1) is 0 Å². The third-order valence-corrected chi connectivity index (χ3v) is 3.73. The summed E-state index contributed by atoms with van der Waals surface area (Å²) in [6.07, 6.45) is 9.68. The molecule has 1 aromatic rings. The number of nitrogens with one attached hydrogen (secondary N) is 1. The van der Waals surface area contributed by atoms with E-state index in [4.69, 9.17) is 0 Å². The number of rotatable bonds is 10. The van der Waals surface area contributed by atoms with Gasteiger partial charge in [-0.25, -0.2) is 5.43 Å². The van der Waals surface area contributed by atoms with Gasteiger partial charge in [-0.15, -0.1) is 0 Å². The summed E-state index contributed by atoms with van der Waals surface area (Å²) < 4.78 is 0. The smallest absolute Gasteiger partial charge is 0.271 e. The molecule has 0 atom stereocenters. The molecular formula is C19H28N2O2. The van der Waals surface area contributed by atoms with Gasteiger partial charge in [0.1, 0.15) is 5.60 Å². The van der Waals surface area contributed by atoms with Gasteiger partial charge in [0, 0.05) is 6.21 Å². The Morgan fingerprint density at radius 1 is 1.17 bits per heavy atom. The quantitative estimate of drug-likeness (QED) is 0.508. The fourth-order valence-electron chi connectivity index (χ4n) is 2.25. The Bertz CT molecular complexity index is 501. The first-order chi connectivity index (χ1) is 11.1. The summed E-state index contributed by atoms with van der Waals surface area (Å²) in [7, 11) is 0. The third kappa shape index (κ3) is 7.24. The fraction of sp³-hybridized carbons (Fsp3) is 0.474. The number of hydrazone groups is 1. The van der Waals surface area contributed by atoms with Crippen LogP contribution in [0.4, 0.5) is 0 Å². The van der Waals surface area contributed by atoms with Crippen molar-refractivity contribution in [1.29, 1.82) is 0 Å². The standard InChI is InChI=1S/C19H28N2O2/c1-3-5-14-19(23,15-6-4-2)18(22)21-20-16-10-13-17-11-8-7-9-12-17/h7-13,16,23H,3-6,14-15H2,1-2H3,(H,21,22)/b13-10+,20-16+. The van der Waals surface area contributed by atoms with Gasteiger partial charge in [0.2, 0.25) is 0 Å². The summed E-state index contributed by atoms with van der Waals surface area (Å²) in [4.78, 5) is 12.2. The summed E-state index contributed by atoms with van der Waals surface area (Å²) >= 11 is 0. The number of amides is 1. The molecule has 0 saturated heterocycles. The van der Waals surface area contributed by atoms with Crippen molar-refractivity contribution in [3.63, 3.8) is 0 Å². The number of carbonyl (C=O) groups is 1. The molecule has 0 unspecified atom stereocenters. The fourth-order valence-corrected chi connectivity index (χ4v) is 2.25. The molecule has 0 aliphatic heterocycles. The number of hydrogen-bond donors (Lipinski definition) is 2. The zero-order valence-electron chi connectivity index (χ0n) is 14.2. The first-order valence-corrected chi connectivity index (χ1v) is 8.40. The Kier molecular flexibility index (Phi) is 8.91. The monoisotopic (exact) mass is 316 g/mol. The van der Waals surface area contributed by atoms with E-state index in [1.54, 1.807) is 6.08 Å². The van der Waals surface area contributed by atoms with Crippen LogP contribution in [0.15, 0.2) is 41.5 Å². The van der Waals surface area contributed by atoms with Crippen LogP contribution in [0.5, 0.6) is 0 Å². The number of aliphatic hydroxyl groups is 1. The van der Waals surface area contributed by atoms with Gasteiger partial charge in [-0.1, -0.05) is 75.9 Å². The van der Waals surface area contributed by atoms with E-state index in [0.717, 1.165) is 31.2 Å². The van der Waals surface area contributed by atoms with Crippen LogP contribution >= 0.6 is 0 Å². The van der Waals surface area contributed by atoms with Gasteiger partial charge in [-0.05, 0) is 24.5 Å². The van der Waals surface area contributed by atoms with Crippen molar-refractivity contribution in [3.05, 3.63) is 42.0 Å². The number of benzene rings is 1. The highest BCUT2D eigenvalue weighted by Gasteiger charge is 2.34. The molecule has 2 N–H and O–H groups in total. The molecule has 4 heteroatoms. The summed E-state index contributed by atoms with van der Waals surface area (Å²) in [6.45, 7) is 4.09. The molecule has 0 radical (unpaired) electrons. The lowest BCUT2D eigenvalue weighted by atomic mass is 9.90. The summed E-state index contributed by atoms with van der Waals surface area (Å²) in [5.74, 6) is -0.413. The van der Waals surface area contributed by atoms with Crippen LogP contribution in [0.3, 0.4) is 0 Å². The SMILES string of the molecule is CCCCC(O)(CCCC)C(=O)N/N=C/C=C/c1ccccc1. The molecule has 0 heterocycles. The number of allylic oxidation sites excluding steroid dienone is 1. The molecule has 1 amide bonds. The lowest BCUT2D eigenvalue weighted by molar-refractivity contribution is -0.141. The molecule has 0 aliphatic carbocycles. The van der Waals surface area contributed by atoms with Crippen LogP contribution in [-0.2, 0) is 4.79 Å². The third-order valence-electron chi connectivity index (χ3n) is 3.73. The van der Waals surface area contributed by atoms with E-state index < -0.39 is 11.5 Å². The van der Waals surface area contributed by atoms with Crippen LogP contribution in [0.25, 0.3) is 6.08 Å². The van der Waals surface area contributed by atoms with E-state index in [1.165, 1.54) is 6.21 Å². The highest BCUT2D eigenvalue weighted by atomic mass is 16.3. The van der Waals surface area contributed by atoms with Crippen molar-refractivity contribution in [1.82, 2.24) is 5.43 Å². The first-order valence-electron chi connectivity index (χ1n) is 8.40. The Morgan fingerprint density at radius 2 is 1.78 bits per heavy atom. The van der Waals surface area contributed by atoms with Crippen molar-refractivity contribution >= 4 is 18.2 Å². The van der Waals surface area contributed by atoms with E-state index in [0.29, 0.717) is 12.8 Å². The van der Waals surface area contributed by atoms with Crippen molar-refractivity contribution in [2.45, 2.75) is 58.0 Å². The topological polar surface area (TPSA) is 61.7 Å². The average Bonchev–Trinajstić information content (AvgIpc) is 2.58. The van der Waals surface area contributed by atoms with Gasteiger partial charge in [0.25, 0.3) is 5.91 Å². The average molecular weight is 316 g/mol. The lowest BCUT2D eigenvalue weighted by Gasteiger charge is -2.25. The van der Waals surface area contributed by atoms with Crippen molar-refractivity contribution < 1.29 is 9.90 Å². The molecule has 1 aromatic carbocycles. The van der Waals surface area contributed by atoms with E-state index in [1.807, 2.05) is 50.3 Å². The van der Waals surface area contributed by atoms with Crippen LogP contribution in [-0.4, -0.2) is 22.8 Å². The lowest BCUT2D eigenvalue weighted by Crippen LogP contribution is -2.45. The van der Waals surface area contributed by atoms with Crippen molar-refractivity contribution in [2.75, 3.05) is 0 Å². The number of hydrogen-bond acceptors (Lipinski definition) is 3. The summed E-state index contributed by atoms with van der Waals surface area (Å²) in [5.41, 5.74) is 2.21. The van der Waals surface area contributed by atoms with E-state index in [-0.39, 0.29) is 0 Å². The number of nitrogens with zero attached hydrogens (tertiary/aromatic N) is 1. The maximum absolute atomic E-state index is 12.2. The van der Waals surface area contributed by atoms with Crippen molar-refractivity contribution in [2.24, 2.45) is 5.10 Å². The summed E-state index contributed by atoms with van der Waals surface area (Å²) in [6, 6.07) is 9.84. The van der Waals surface area contributed by atoms with Crippen LogP contribution in [0.2, 0.25) is 0 Å². The zero-order valence-corrected chi connectivity index (χ0v) is 14.2. The second kappa shape index (κ2) is 10.7. The first kappa shape index (κ1) is 19.1. The number of unbranched alkanes of at least 4 members (excludes halogenated alkanes) is 2. The minimum atomic E-state index is -1.31. The van der Waals surface area contributed by atoms with Gasteiger partial charge < -0.3 is 5.11 Å². The van der Waals surface area contributed by atoms with Crippen LogP contribution < -0.4 is 5.43 Å². The van der Waals surface area contributed by atoms with E-state index in [2.05, 4.69) is 10.5 Å². The molecule has 0 spiro atoms. The Hall–Kier alpha value is -1.94. The van der Waals surface area contributed by atoms with Gasteiger partial charge in [0.05, 0.1) is 0 Å². The number of carbonyl (C=O) groups excluding carboxylic acids is 1. The second-order valence-electron chi connectivity index (χ2n) is 5.73. The predicted octanol–water partition coefficient (Wildman–Crippen LogP) is 3.91. The van der Waals surface area contributed by atoms with Crippen LogP contribution in [0.1, 0.15) is 57.9 Å². The Balaban J connectivity index is 2.53. The zero-order chi connectivity index (χ0) is 17.0. The highest BCUT2D eigenvalue weighted by Crippen LogP contribution is 2.21. The molecule has 0 bridgehead atoms. The van der Waals surface area contributed by atoms with Gasteiger partial charge in [0.15, 0.2) is 0 Å². The molecule has 0 aromatic heterocycles.